The molecule has 0 saturated carbocycles. The molecule has 41 heavy (non-hydrogen) atoms. The largest absolute Gasteiger partial charge is 0.493 e. The predicted molar refractivity (Wildman–Crippen MR) is 168 cm³/mol. The van der Waals surface area contributed by atoms with Crippen molar-refractivity contribution in [2.45, 2.75) is 64.5 Å². The minimum Gasteiger partial charge on any atom is -0.493 e. The highest BCUT2D eigenvalue weighted by Crippen LogP contribution is 2.35. The monoisotopic (exact) mass is 552 g/mol. The molecule has 2 saturated heterocycles. The van der Waals surface area contributed by atoms with Gasteiger partial charge in [-0.1, -0.05) is 49.6 Å². The summed E-state index contributed by atoms with van der Waals surface area (Å²) in [6.07, 6.45) is 10.2. The first-order valence-corrected chi connectivity index (χ1v) is 15.7. The average Bonchev–Trinajstić information content (AvgIpc) is 3.42. The first kappa shape index (κ1) is 27.9. The van der Waals surface area contributed by atoms with E-state index in [0.29, 0.717) is 0 Å². The molecule has 1 amide bonds. The number of aryl methyl sites for hydroxylation is 1. The average molecular weight is 553 g/mol. The van der Waals surface area contributed by atoms with Crippen LogP contribution in [-0.4, -0.2) is 78.7 Å². The predicted octanol–water partition coefficient (Wildman–Crippen LogP) is 6.62. The van der Waals surface area contributed by atoms with Crippen molar-refractivity contribution in [1.29, 1.82) is 0 Å². The van der Waals surface area contributed by atoms with E-state index in [2.05, 4.69) is 65.3 Å². The number of nitrogens with zero attached hydrogens (tertiary/aromatic N) is 4. The number of rotatable bonds is 11. The summed E-state index contributed by atoms with van der Waals surface area (Å²) in [7, 11) is 0. The van der Waals surface area contributed by atoms with E-state index in [-0.39, 0.29) is 11.9 Å². The Balaban J connectivity index is 0.902. The molecule has 216 valence electrons. The van der Waals surface area contributed by atoms with E-state index < -0.39 is 0 Å². The summed E-state index contributed by atoms with van der Waals surface area (Å²) in [5.74, 6) is 1.05. The number of amides is 1. The number of ether oxygens (including phenoxy) is 1. The van der Waals surface area contributed by atoms with E-state index in [1.165, 1.54) is 64.0 Å². The van der Waals surface area contributed by atoms with Crippen LogP contribution in [0.1, 0.15) is 66.4 Å². The molecule has 3 aliphatic rings. The van der Waals surface area contributed by atoms with Gasteiger partial charge in [0, 0.05) is 45.5 Å². The van der Waals surface area contributed by atoms with Gasteiger partial charge in [0.2, 0.25) is 0 Å². The fourth-order valence-electron chi connectivity index (χ4n) is 6.55. The Morgan fingerprint density at radius 1 is 0.854 bits per heavy atom. The van der Waals surface area contributed by atoms with Crippen LogP contribution in [0.15, 0.2) is 59.6 Å². The van der Waals surface area contributed by atoms with Gasteiger partial charge in [0.25, 0.3) is 5.91 Å². The SMILES string of the molecule is Cc1cc2cc3c(cc2cc1OCCCCCCCN1CCN(Cc2ccccc2)CC1)N=C[C@@H]1CCCN1C3=O. The number of aliphatic imine (C=N–C) groups is 1. The number of hydrogen-bond acceptors (Lipinski definition) is 5. The number of fused-ring (bicyclic) bond motifs is 3. The third kappa shape index (κ3) is 6.82. The number of carbonyl (C=O) groups is 1. The van der Waals surface area contributed by atoms with Gasteiger partial charge in [-0.2, -0.15) is 0 Å². The van der Waals surface area contributed by atoms with Gasteiger partial charge < -0.3 is 14.5 Å². The third-order valence-electron chi connectivity index (χ3n) is 9.01. The van der Waals surface area contributed by atoms with E-state index in [0.717, 1.165) is 72.3 Å². The fourth-order valence-corrected chi connectivity index (χ4v) is 6.55. The molecule has 3 aromatic rings. The summed E-state index contributed by atoms with van der Waals surface area (Å²) in [5.41, 5.74) is 4.03. The molecule has 3 aliphatic heterocycles. The molecular weight excluding hydrogens is 508 g/mol. The molecule has 0 bridgehead atoms. The lowest BCUT2D eigenvalue weighted by atomic mass is 10.0. The summed E-state index contributed by atoms with van der Waals surface area (Å²) in [5, 5.41) is 2.16. The zero-order valence-electron chi connectivity index (χ0n) is 24.6. The van der Waals surface area contributed by atoms with Gasteiger partial charge in [-0.3, -0.25) is 14.7 Å². The van der Waals surface area contributed by atoms with Gasteiger partial charge in [-0.25, -0.2) is 0 Å². The number of unbranched alkanes of at least 4 members (excludes halogenated alkanes) is 4. The Morgan fingerprint density at radius 2 is 1.61 bits per heavy atom. The van der Waals surface area contributed by atoms with Gasteiger partial charge in [0.1, 0.15) is 5.75 Å². The van der Waals surface area contributed by atoms with Crippen LogP contribution >= 0.6 is 0 Å². The van der Waals surface area contributed by atoms with Gasteiger partial charge in [-0.05, 0) is 85.3 Å². The van der Waals surface area contributed by atoms with Crippen LogP contribution in [0.4, 0.5) is 5.69 Å². The number of hydrogen-bond donors (Lipinski definition) is 0. The smallest absolute Gasteiger partial charge is 0.256 e. The summed E-state index contributed by atoms with van der Waals surface area (Å²) in [6, 6.07) is 19.3. The molecule has 6 nitrogen and oxygen atoms in total. The lowest BCUT2D eigenvalue weighted by Crippen LogP contribution is -2.46. The minimum atomic E-state index is 0.112. The van der Waals surface area contributed by atoms with E-state index in [1.807, 2.05) is 17.2 Å². The summed E-state index contributed by atoms with van der Waals surface area (Å²) in [6.45, 7) is 10.7. The van der Waals surface area contributed by atoms with Gasteiger partial charge in [0.05, 0.1) is 23.9 Å². The zero-order chi connectivity index (χ0) is 28.0. The topological polar surface area (TPSA) is 48.4 Å². The van der Waals surface area contributed by atoms with Crippen molar-refractivity contribution >= 4 is 28.6 Å². The Kier molecular flexibility index (Phi) is 8.97. The summed E-state index contributed by atoms with van der Waals surface area (Å²) >= 11 is 0. The Morgan fingerprint density at radius 3 is 2.46 bits per heavy atom. The second-order valence-corrected chi connectivity index (χ2v) is 12.0. The maximum Gasteiger partial charge on any atom is 0.256 e. The number of benzene rings is 3. The number of carbonyl (C=O) groups excluding carboxylic acids is 1. The van der Waals surface area contributed by atoms with Crippen LogP contribution < -0.4 is 4.74 Å². The maximum absolute atomic E-state index is 13.1. The molecule has 6 rings (SSSR count). The van der Waals surface area contributed by atoms with Gasteiger partial charge in [-0.15, -0.1) is 0 Å². The Labute approximate surface area is 245 Å². The lowest BCUT2D eigenvalue weighted by Gasteiger charge is -2.34. The van der Waals surface area contributed by atoms with Crippen LogP contribution in [-0.2, 0) is 6.54 Å². The fraction of sp³-hybridized carbons (Fsp3) is 0.486. The normalized spacial score (nSPS) is 19.4. The molecule has 0 unspecified atom stereocenters. The van der Waals surface area contributed by atoms with Crippen LogP contribution in [0.25, 0.3) is 10.8 Å². The van der Waals surface area contributed by atoms with E-state index >= 15 is 0 Å². The zero-order valence-corrected chi connectivity index (χ0v) is 24.6. The van der Waals surface area contributed by atoms with E-state index in [9.17, 15) is 4.79 Å². The second-order valence-electron chi connectivity index (χ2n) is 12.0. The van der Waals surface area contributed by atoms with Crippen molar-refractivity contribution in [2.24, 2.45) is 4.99 Å². The summed E-state index contributed by atoms with van der Waals surface area (Å²) in [4.78, 5) is 25.0. The van der Waals surface area contributed by atoms with Crippen molar-refractivity contribution in [3.05, 3.63) is 71.3 Å². The minimum absolute atomic E-state index is 0.112. The van der Waals surface area contributed by atoms with Crippen LogP contribution in [0.2, 0.25) is 0 Å². The highest BCUT2D eigenvalue weighted by Gasteiger charge is 2.31. The Bertz CT molecular complexity index is 1360. The van der Waals surface area contributed by atoms with Crippen LogP contribution in [0, 0.1) is 6.92 Å². The van der Waals surface area contributed by atoms with E-state index in [4.69, 9.17) is 9.73 Å². The molecular formula is C35H44N4O2. The first-order chi connectivity index (χ1) is 20.1. The molecule has 0 aliphatic carbocycles. The molecule has 0 aromatic heterocycles. The molecule has 3 heterocycles. The van der Waals surface area contributed by atoms with Gasteiger partial charge in [0.15, 0.2) is 0 Å². The van der Waals surface area contributed by atoms with Crippen LogP contribution in [0.5, 0.6) is 5.75 Å². The highest BCUT2D eigenvalue weighted by molar-refractivity contribution is 6.06. The third-order valence-corrected chi connectivity index (χ3v) is 9.01. The van der Waals surface area contributed by atoms with Crippen molar-refractivity contribution in [2.75, 3.05) is 45.9 Å². The molecule has 0 spiro atoms. The standard InChI is InChI=1S/C35H44N4O2/c1-27-21-29-22-32-33(36-25-31-13-10-15-39(31)35(32)40)23-30(29)24-34(27)41-20-9-4-2-3-8-14-37-16-18-38(19-17-37)26-28-11-6-5-7-12-28/h5-7,11-12,21-25,31H,2-4,8-10,13-20,26H2,1H3/t31-/m0/s1. The van der Waals surface area contributed by atoms with Crippen molar-refractivity contribution < 1.29 is 9.53 Å². The second kappa shape index (κ2) is 13.2. The van der Waals surface area contributed by atoms with E-state index in [1.54, 1.807) is 0 Å². The lowest BCUT2D eigenvalue weighted by molar-refractivity contribution is 0.0775. The molecule has 0 radical (unpaired) electrons. The summed E-state index contributed by atoms with van der Waals surface area (Å²) < 4.78 is 6.22. The van der Waals surface area contributed by atoms with Crippen molar-refractivity contribution in [3.8, 4) is 5.75 Å². The van der Waals surface area contributed by atoms with Crippen molar-refractivity contribution in [3.63, 3.8) is 0 Å². The van der Waals surface area contributed by atoms with Gasteiger partial charge >= 0.3 is 0 Å². The molecule has 1 atom stereocenters. The molecule has 2 fully saturated rings. The molecule has 6 heteroatoms. The Hall–Kier alpha value is -3.22. The first-order valence-electron chi connectivity index (χ1n) is 15.7. The maximum atomic E-state index is 13.1. The van der Waals surface area contributed by atoms with Crippen molar-refractivity contribution in [1.82, 2.24) is 14.7 Å². The quantitative estimate of drug-likeness (QED) is 0.251. The van der Waals surface area contributed by atoms with Crippen LogP contribution in [0.3, 0.4) is 0 Å². The number of piperazine rings is 1. The highest BCUT2D eigenvalue weighted by atomic mass is 16.5. The molecule has 3 aromatic carbocycles. The molecule has 0 N–H and O–H groups in total.